The summed E-state index contributed by atoms with van der Waals surface area (Å²) in [5.74, 6) is 0.667. The van der Waals surface area contributed by atoms with Crippen LogP contribution in [-0.4, -0.2) is 38.6 Å². The molecule has 2 aliphatic rings. The standard InChI is InChI=1S/C15H21N3O/c1-10(2)11-4-5-13-14(6-11)18-12(9-17(13)3)7-16-8-15(18)19/h4-6,10,12,16H,7-9H2,1-3H3. The summed E-state index contributed by atoms with van der Waals surface area (Å²) in [6.45, 7) is 6.59. The van der Waals surface area contributed by atoms with Gasteiger partial charge in [-0.2, -0.15) is 0 Å². The van der Waals surface area contributed by atoms with Crippen molar-refractivity contribution >= 4 is 17.3 Å². The van der Waals surface area contributed by atoms with Gasteiger partial charge in [0.2, 0.25) is 5.91 Å². The molecule has 1 fully saturated rings. The lowest BCUT2D eigenvalue weighted by Gasteiger charge is -2.44. The summed E-state index contributed by atoms with van der Waals surface area (Å²) < 4.78 is 0. The van der Waals surface area contributed by atoms with Crippen LogP contribution in [0.25, 0.3) is 0 Å². The zero-order valence-electron chi connectivity index (χ0n) is 11.8. The summed E-state index contributed by atoms with van der Waals surface area (Å²) in [5.41, 5.74) is 3.53. The number of benzene rings is 1. The number of nitrogens with zero attached hydrogens (tertiary/aromatic N) is 2. The van der Waals surface area contributed by atoms with Gasteiger partial charge in [-0.25, -0.2) is 0 Å². The lowest BCUT2D eigenvalue weighted by molar-refractivity contribution is -0.119. The van der Waals surface area contributed by atoms with Crippen molar-refractivity contribution < 1.29 is 4.79 Å². The summed E-state index contributed by atoms with van der Waals surface area (Å²) in [6.07, 6.45) is 0. The summed E-state index contributed by atoms with van der Waals surface area (Å²) in [4.78, 5) is 16.5. The van der Waals surface area contributed by atoms with Crippen LogP contribution < -0.4 is 15.1 Å². The molecule has 1 aromatic rings. The number of anilines is 2. The number of piperazine rings is 1. The van der Waals surface area contributed by atoms with E-state index >= 15 is 0 Å². The molecule has 0 spiro atoms. The third-order valence-corrected chi connectivity index (χ3v) is 4.11. The van der Waals surface area contributed by atoms with Crippen molar-refractivity contribution in [2.75, 3.05) is 36.5 Å². The molecule has 0 saturated carbocycles. The largest absolute Gasteiger partial charge is 0.371 e. The highest BCUT2D eigenvalue weighted by Crippen LogP contribution is 2.37. The van der Waals surface area contributed by atoms with Gasteiger partial charge in [-0.1, -0.05) is 19.9 Å². The normalized spacial score (nSPS) is 22.5. The number of hydrogen-bond donors (Lipinski definition) is 1. The van der Waals surface area contributed by atoms with Gasteiger partial charge in [-0.3, -0.25) is 4.79 Å². The summed E-state index contributed by atoms with van der Waals surface area (Å²) in [6, 6.07) is 6.76. The topological polar surface area (TPSA) is 35.6 Å². The van der Waals surface area contributed by atoms with Crippen molar-refractivity contribution in [1.82, 2.24) is 5.32 Å². The quantitative estimate of drug-likeness (QED) is 0.831. The van der Waals surface area contributed by atoms with E-state index in [0.29, 0.717) is 12.5 Å². The highest BCUT2D eigenvalue weighted by Gasteiger charge is 2.35. The van der Waals surface area contributed by atoms with Crippen molar-refractivity contribution in [2.45, 2.75) is 25.8 Å². The van der Waals surface area contributed by atoms with Gasteiger partial charge in [-0.05, 0) is 23.6 Å². The van der Waals surface area contributed by atoms with Crippen molar-refractivity contribution in [3.8, 4) is 0 Å². The molecule has 1 aromatic carbocycles. The number of amides is 1. The minimum Gasteiger partial charge on any atom is -0.371 e. The fourth-order valence-electron chi connectivity index (χ4n) is 3.03. The molecule has 3 rings (SSSR count). The molecule has 0 bridgehead atoms. The highest BCUT2D eigenvalue weighted by molar-refractivity contribution is 6.00. The molecule has 2 heterocycles. The molecule has 4 nitrogen and oxygen atoms in total. The Balaban J connectivity index is 2.09. The maximum absolute atomic E-state index is 12.2. The maximum Gasteiger partial charge on any atom is 0.241 e. The van der Waals surface area contributed by atoms with Crippen LogP contribution in [0.3, 0.4) is 0 Å². The molecule has 102 valence electrons. The van der Waals surface area contributed by atoms with Crippen LogP contribution in [0.15, 0.2) is 18.2 Å². The molecular weight excluding hydrogens is 238 g/mol. The van der Waals surface area contributed by atoms with Crippen molar-refractivity contribution in [2.24, 2.45) is 0 Å². The van der Waals surface area contributed by atoms with E-state index in [-0.39, 0.29) is 11.9 Å². The zero-order chi connectivity index (χ0) is 13.6. The monoisotopic (exact) mass is 259 g/mol. The average Bonchev–Trinajstić information content (AvgIpc) is 2.38. The van der Waals surface area contributed by atoms with Gasteiger partial charge in [-0.15, -0.1) is 0 Å². The van der Waals surface area contributed by atoms with Crippen LogP contribution in [0.4, 0.5) is 11.4 Å². The Morgan fingerprint density at radius 2 is 2.11 bits per heavy atom. The van der Waals surface area contributed by atoms with Gasteiger partial charge >= 0.3 is 0 Å². The average molecular weight is 259 g/mol. The highest BCUT2D eigenvalue weighted by atomic mass is 16.2. The Hall–Kier alpha value is -1.55. The van der Waals surface area contributed by atoms with Crippen LogP contribution in [0, 0.1) is 0 Å². The predicted octanol–water partition coefficient (Wildman–Crippen LogP) is 1.56. The molecule has 1 N–H and O–H groups in total. The van der Waals surface area contributed by atoms with Gasteiger partial charge in [0.15, 0.2) is 0 Å². The number of carbonyl (C=O) groups excluding carboxylic acids is 1. The van der Waals surface area contributed by atoms with Crippen molar-refractivity contribution in [3.05, 3.63) is 23.8 Å². The smallest absolute Gasteiger partial charge is 0.241 e. The second-order valence-corrected chi connectivity index (χ2v) is 5.83. The third kappa shape index (κ3) is 2.00. The molecule has 0 aromatic heterocycles. The molecule has 1 saturated heterocycles. The Bertz CT molecular complexity index is 512. The fourth-order valence-corrected chi connectivity index (χ4v) is 3.03. The number of carbonyl (C=O) groups is 1. The SMILES string of the molecule is CC(C)c1ccc2c(c1)N1C(=O)CNCC1CN2C. The van der Waals surface area contributed by atoms with Gasteiger partial charge in [0.1, 0.15) is 0 Å². The first-order valence-electron chi connectivity index (χ1n) is 6.96. The van der Waals surface area contributed by atoms with Crippen LogP contribution in [-0.2, 0) is 4.79 Å². The van der Waals surface area contributed by atoms with E-state index in [4.69, 9.17) is 0 Å². The maximum atomic E-state index is 12.2. The third-order valence-electron chi connectivity index (χ3n) is 4.11. The van der Waals surface area contributed by atoms with Crippen molar-refractivity contribution in [3.63, 3.8) is 0 Å². The first-order chi connectivity index (χ1) is 9.08. The Morgan fingerprint density at radius 1 is 1.32 bits per heavy atom. The number of likely N-dealkylation sites (N-methyl/N-ethyl adjacent to an activating group) is 1. The fraction of sp³-hybridized carbons (Fsp3) is 0.533. The lowest BCUT2D eigenvalue weighted by atomic mass is 9.98. The summed E-state index contributed by atoms with van der Waals surface area (Å²) in [7, 11) is 2.10. The summed E-state index contributed by atoms with van der Waals surface area (Å²) >= 11 is 0. The molecule has 0 radical (unpaired) electrons. The molecule has 1 atom stereocenters. The Kier molecular flexibility index (Phi) is 2.97. The van der Waals surface area contributed by atoms with Crippen molar-refractivity contribution in [1.29, 1.82) is 0 Å². The first-order valence-corrected chi connectivity index (χ1v) is 6.96. The molecule has 1 unspecified atom stereocenters. The van der Waals surface area contributed by atoms with E-state index in [2.05, 4.69) is 49.3 Å². The predicted molar refractivity (Wildman–Crippen MR) is 77.9 cm³/mol. The number of nitrogens with one attached hydrogen (secondary N) is 1. The molecule has 0 aliphatic carbocycles. The van der Waals surface area contributed by atoms with Crippen LogP contribution >= 0.6 is 0 Å². The molecular formula is C15H21N3O. The minimum atomic E-state index is 0.187. The molecule has 4 heteroatoms. The lowest BCUT2D eigenvalue weighted by Crippen LogP contribution is -2.61. The van der Waals surface area contributed by atoms with Crippen LogP contribution in [0.2, 0.25) is 0 Å². The van der Waals surface area contributed by atoms with Gasteiger partial charge < -0.3 is 15.1 Å². The Morgan fingerprint density at radius 3 is 2.84 bits per heavy atom. The van der Waals surface area contributed by atoms with Gasteiger partial charge in [0.25, 0.3) is 0 Å². The second-order valence-electron chi connectivity index (χ2n) is 5.83. The van der Waals surface area contributed by atoms with E-state index in [0.717, 1.165) is 24.5 Å². The number of rotatable bonds is 1. The minimum absolute atomic E-state index is 0.187. The van der Waals surface area contributed by atoms with Crippen LogP contribution in [0.1, 0.15) is 25.3 Å². The summed E-state index contributed by atoms with van der Waals surface area (Å²) in [5, 5.41) is 3.20. The molecule has 1 amide bonds. The molecule has 2 aliphatic heterocycles. The van der Waals surface area contributed by atoms with E-state index < -0.39 is 0 Å². The number of hydrogen-bond acceptors (Lipinski definition) is 3. The zero-order valence-corrected chi connectivity index (χ0v) is 11.8. The van der Waals surface area contributed by atoms with E-state index in [1.54, 1.807) is 0 Å². The van der Waals surface area contributed by atoms with E-state index in [1.165, 1.54) is 5.56 Å². The van der Waals surface area contributed by atoms with E-state index in [1.807, 2.05) is 4.90 Å². The molecule has 19 heavy (non-hydrogen) atoms. The van der Waals surface area contributed by atoms with Crippen LogP contribution in [0.5, 0.6) is 0 Å². The first kappa shape index (κ1) is 12.5. The van der Waals surface area contributed by atoms with Gasteiger partial charge in [0.05, 0.1) is 24.0 Å². The second kappa shape index (κ2) is 4.53. The number of fused-ring (bicyclic) bond motifs is 3. The Labute approximate surface area is 114 Å². The van der Waals surface area contributed by atoms with Gasteiger partial charge in [0, 0.05) is 20.1 Å². The van der Waals surface area contributed by atoms with E-state index in [9.17, 15) is 4.79 Å².